The van der Waals surface area contributed by atoms with Crippen molar-refractivity contribution in [3.63, 3.8) is 0 Å². The molecular weight excluding hydrogens is 438 g/mol. The molecule has 0 unspecified atom stereocenters. The molecule has 0 saturated carbocycles. The molecule has 0 bridgehead atoms. The van der Waals surface area contributed by atoms with Gasteiger partial charge in [0.2, 0.25) is 0 Å². The Balaban J connectivity index is 1.55. The van der Waals surface area contributed by atoms with Gasteiger partial charge >= 0.3 is 6.18 Å². The predicted octanol–water partition coefficient (Wildman–Crippen LogP) is 5.04. The van der Waals surface area contributed by atoms with Gasteiger partial charge in [-0.2, -0.15) is 18.3 Å². The summed E-state index contributed by atoms with van der Waals surface area (Å²) in [6.07, 6.45) is -2.24. The molecule has 4 rings (SSSR count). The maximum atomic E-state index is 14.0. The number of hydrogen-bond acceptors (Lipinski definition) is 4. The van der Waals surface area contributed by atoms with E-state index in [2.05, 4.69) is 20.5 Å². The van der Waals surface area contributed by atoms with Crippen LogP contribution in [0.3, 0.4) is 0 Å². The summed E-state index contributed by atoms with van der Waals surface area (Å²) in [5.74, 6) is -0.421. The largest absolute Gasteiger partial charge is 0.417 e. The third-order valence-corrected chi connectivity index (χ3v) is 5.87. The smallest absolute Gasteiger partial charge is 0.365 e. The summed E-state index contributed by atoms with van der Waals surface area (Å²) in [6, 6.07) is 7.52. The van der Waals surface area contributed by atoms with Gasteiger partial charge in [-0.3, -0.25) is 9.89 Å². The number of halogens is 4. The summed E-state index contributed by atoms with van der Waals surface area (Å²) < 4.78 is 52.3. The Morgan fingerprint density at radius 1 is 1.21 bits per heavy atom. The van der Waals surface area contributed by atoms with Crippen LogP contribution in [0.15, 0.2) is 42.6 Å². The van der Waals surface area contributed by atoms with Gasteiger partial charge in [0.25, 0.3) is 5.91 Å². The van der Waals surface area contributed by atoms with E-state index in [1.165, 1.54) is 24.3 Å². The van der Waals surface area contributed by atoms with Crippen molar-refractivity contribution in [2.24, 2.45) is 0 Å². The standard InChI is InChI=1S/C23H23F4N5O/c1-13-10-20(31-30-13)18-11-16(24)6-7-17(18)22(33)32-9-3-4-19(14(32)2)29-21-8-5-15(12-28-21)23(25,26)27/h5-8,10-12,14,19H,3-4,9H2,1-2H3,(H,28,29)(H,30,31)/t14-,19+/m0/s1. The number of alkyl halides is 3. The number of nitrogens with zero attached hydrogens (tertiary/aromatic N) is 3. The van der Waals surface area contributed by atoms with Gasteiger partial charge in [-0.25, -0.2) is 9.37 Å². The fourth-order valence-corrected chi connectivity index (χ4v) is 4.09. The molecular formula is C23H23F4N5O. The Bertz CT molecular complexity index is 1140. The zero-order valence-corrected chi connectivity index (χ0v) is 18.1. The number of pyridine rings is 1. The number of anilines is 1. The summed E-state index contributed by atoms with van der Waals surface area (Å²) >= 11 is 0. The molecule has 2 aromatic heterocycles. The lowest BCUT2D eigenvalue weighted by Crippen LogP contribution is -2.52. The van der Waals surface area contributed by atoms with E-state index in [9.17, 15) is 22.4 Å². The molecule has 1 aromatic carbocycles. The molecule has 1 aliphatic heterocycles. The number of rotatable bonds is 4. The number of aromatic nitrogens is 3. The zero-order chi connectivity index (χ0) is 23.8. The highest BCUT2D eigenvalue weighted by Crippen LogP contribution is 2.30. The van der Waals surface area contributed by atoms with Gasteiger partial charge < -0.3 is 10.2 Å². The second kappa shape index (κ2) is 8.84. The van der Waals surface area contributed by atoms with Crippen molar-refractivity contribution >= 4 is 11.7 Å². The molecule has 6 nitrogen and oxygen atoms in total. The van der Waals surface area contributed by atoms with Crippen LogP contribution < -0.4 is 5.32 Å². The number of carbonyl (C=O) groups is 1. The third-order valence-electron chi connectivity index (χ3n) is 5.87. The van der Waals surface area contributed by atoms with E-state index in [4.69, 9.17) is 0 Å². The number of amides is 1. The maximum Gasteiger partial charge on any atom is 0.417 e. The summed E-state index contributed by atoms with van der Waals surface area (Å²) in [7, 11) is 0. The van der Waals surface area contributed by atoms with Gasteiger partial charge in [-0.1, -0.05) is 0 Å². The van der Waals surface area contributed by atoms with Crippen molar-refractivity contribution in [2.45, 2.75) is 44.9 Å². The highest BCUT2D eigenvalue weighted by molar-refractivity contribution is 6.00. The lowest BCUT2D eigenvalue weighted by atomic mass is 9.95. The summed E-state index contributed by atoms with van der Waals surface area (Å²) in [5, 5.41) is 10.1. The lowest BCUT2D eigenvalue weighted by molar-refractivity contribution is -0.137. The second-order valence-corrected chi connectivity index (χ2v) is 8.19. The number of H-pyrrole nitrogens is 1. The molecule has 0 radical (unpaired) electrons. The first-order valence-corrected chi connectivity index (χ1v) is 10.6. The van der Waals surface area contributed by atoms with Crippen LogP contribution >= 0.6 is 0 Å². The van der Waals surface area contributed by atoms with Gasteiger partial charge in [-0.05, 0) is 63.1 Å². The number of carbonyl (C=O) groups excluding carboxylic acids is 1. The van der Waals surface area contributed by atoms with Crippen LogP contribution in [0.2, 0.25) is 0 Å². The van der Waals surface area contributed by atoms with Crippen molar-refractivity contribution < 1.29 is 22.4 Å². The molecule has 2 N–H and O–H groups in total. The highest BCUT2D eigenvalue weighted by Gasteiger charge is 2.34. The molecule has 10 heteroatoms. The van der Waals surface area contributed by atoms with Crippen molar-refractivity contribution in [1.29, 1.82) is 0 Å². The monoisotopic (exact) mass is 461 g/mol. The molecule has 2 atom stereocenters. The molecule has 0 spiro atoms. The Kier molecular flexibility index (Phi) is 6.09. The Morgan fingerprint density at radius 2 is 2.00 bits per heavy atom. The maximum absolute atomic E-state index is 14.0. The highest BCUT2D eigenvalue weighted by atomic mass is 19.4. The summed E-state index contributed by atoms with van der Waals surface area (Å²) in [5.41, 5.74) is 1.18. The Morgan fingerprint density at radius 3 is 2.64 bits per heavy atom. The zero-order valence-electron chi connectivity index (χ0n) is 18.1. The van der Waals surface area contributed by atoms with Crippen LogP contribution in [-0.4, -0.2) is 44.6 Å². The fourth-order valence-electron chi connectivity index (χ4n) is 4.09. The normalized spacial score (nSPS) is 18.9. The van der Waals surface area contributed by atoms with E-state index in [1.54, 1.807) is 11.0 Å². The molecule has 1 saturated heterocycles. The van der Waals surface area contributed by atoms with Gasteiger partial charge in [-0.15, -0.1) is 0 Å². The number of likely N-dealkylation sites (tertiary alicyclic amines) is 1. The minimum atomic E-state index is -4.45. The van der Waals surface area contributed by atoms with Crippen LogP contribution in [0.4, 0.5) is 23.4 Å². The Hall–Kier alpha value is -3.43. The van der Waals surface area contributed by atoms with Crippen LogP contribution in [0.1, 0.15) is 41.4 Å². The third kappa shape index (κ3) is 4.84. The van der Waals surface area contributed by atoms with Crippen molar-refractivity contribution in [1.82, 2.24) is 20.1 Å². The SMILES string of the molecule is Cc1cc(-c2cc(F)ccc2C(=O)N2CCC[C@@H](Nc3ccc(C(F)(F)F)cn3)[C@@H]2C)n[nH]1. The van der Waals surface area contributed by atoms with E-state index >= 15 is 0 Å². The number of nitrogens with one attached hydrogen (secondary N) is 2. The van der Waals surface area contributed by atoms with Gasteiger partial charge in [0.1, 0.15) is 11.6 Å². The minimum Gasteiger partial charge on any atom is -0.365 e. The molecule has 1 aliphatic rings. The molecule has 33 heavy (non-hydrogen) atoms. The first-order valence-electron chi connectivity index (χ1n) is 10.6. The Labute approximate surface area is 188 Å². The number of piperidine rings is 1. The van der Waals surface area contributed by atoms with Crippen molar-refractivity contribution in [2.75, 3.05) is 11.9 Å². The van der Waals surface area contributed by atoms with Crippen LogP contribution in [-0.2, 0) is 6.18 Å². The predicted molar refractivity (Wildman–Crippen MR) is 115 cm³/mol. The average molecular weight is 461 g/mol. The number of benzene rings is 1. The van der Waals surface area contributed by atoms with Crippen molar-refractivity contribution in [3.8, 4) is 11.3 Å². The van der Waals surface area contributed by atoms with Gasteiger partial charge in [0.15, 0.2) is 0 Å². The van der Waals surface area contributed by atoms with Crippen LogP contribution in [0.5, 0.6) is 0 Å². The quantitative estimate of drug-likeness (QED) is 0.534. The molecule has 1 amide bonds. The van der Waals surface area contributed by atoms with Crippen molar-refractivity contribution in [3.05, 3.63) is 65.2 Å². The lowest BCUT2D eigenvalue weighted by Gasteiger charge is -2.40. The molecule has 3 aromatic rings. The summed E-state index contributed by atoms with van der Waals surface area (Å²) in [6.45, 7) is 4.20. The molecule has 174 valence electrons. The number of aromatic amines is 1. The van der Waals surface area contributed by atoms with E-state index in [0.717, 1.165) is 24.4 Å². The van der Waals surface area contributed by atoms with Crippen LogP contribution in [0, 0.1) is 12.7 Å². The van der Waals surface area contributed by atoms with E-state index in [0.29, 0.717) is 35.6 Å². The van der Waals surface area contributed by atoms with E-state index < -0.39 is 17.6 Å². The van der Waals surface area contributed by atoms with E-state index in [1.807, 2.05) is 13.8 Å². The first-order chi connectivity index (χ1) is 15.6. The summed E-state index contributed by atoms with van der Waals surface area (Å²) in [4.78, 5) is 19.0. The number of aryl methyl sites for hydroxylation is 1. The topological polar surface area (TPSA) is 73.9 Å². The molecule has 1 fully saturated rings. The second-order valence-electron chi connectivity index (χ2n) is 8.19. The number of hydrogen-bond donors (Lipinski definition) is 2. The first kappa shape index (κ1) is 22.8. The average Bonchev–Trinajstić information content (AvgIpc) is 3.21. The molecule has 3 heterocycles. The van der Waals surface area contributed by atoms with Gasteiger partial charge in [0.05, 0.1) is 11.3 Å². The van der Waals surface area contributed by atoms with E-state index in [-0.39, 0.29) is 18.0 Å². The minimum absolute atomic E-state index is 0.205. The fraction of sp³-hybridized carbons (Fsp3) is 0.348. The molecule has 0 aliphatic carbocycles. The van der Waals surface area contributed by atoms with Crippen LogP contribution in [0.25, 0.3) is 11.3 Å². The van der Waals surface area contributed by atoms with Gasteiger partial charge in [0, 0.05) is 41.6 Å².